The summed E-state index contributed by atoms with van der Waals surface area (Å²) in [7, 11) is 1.56. The van der Waals surface area contributed by atoms with Crippen molar-refractivity contribution in [1.82, 2.24) is 0 Å². The van der Waals surface area contributed by atoms with E-state index in [2.05, 4.69) is 15.9 Å². The van der Waals surface area contributed by atoms with Gasteiger partial charge in [-0.1, -0.05) is 6.42 Å². The third-order valence-electron chi connectivity index (χ3n) is 3.85. The van der Waals surface area contributed by atoms with Crippen molar-refractivity contribution in [3.63, 3.8) is 0 Å². The third-order valence-corrected chi connectivity index (χ3v) is 4.63. The van der Waals surface area contributed by atoms with Crippen molar-refractivity contribution >= 4 is 15.9 Å². The predicted molar refractivity (Wildman–Crippen MR) is 71.7 cm³/mol. The summed E-state index contributed by atoms with van der Waals surface area (Å²) in [6.45, 7) is 2.66. The Balaban J connectivity index is 2.58. The Morgan fingerprint density at radius 2 is 2.18 bits per heavy atom. The molecule has 0 amide bonds. The first-order valence-electron chi connectivity index (χ1n) is 5.82. The van der Waals surface area contributed by atoms with Crippen molar-refractivity contribution in [2.24, 2.45) is 5.73 Å². The van der Waals surface area contributed by atoms with E-state index in [-0.39, 0.29) is 11.2 Å². The van der Waals surface area contributed by atoms with Crippen LogP contribution in [-0.2, 0) is 5.41 Å². The average molecular weight is 300 g/mol. The average Bonchev–Trinajstić information content (AvgIpc) is 2.27. The van der Waals surface area contributed by atoms with E-state index in [9.17, 15) is 5.11 Å². The molecule has 1 aliphatic rings. The quantitative estimate of drug-likeness (QED) is 0.902. The summed E-state index contributed by atoms with van der Waals surface area (Å²) in [6, 6.07) is 1.88. The second kappa shape index (κ2) is 4.50. The lowest BCUT2D eigenvalue weighted by Gasteiger charge is -2.43. The summed E-state index contributed by atoms with van der Waals surface area (Å²) < 4.78 is 5.88. The van der Waals surface area contributed by atoms with Crippen molar-refractivity contribution in [2.45, 2.75) is 31.6 Å². The van der Waals surface area contributed by atoms with E-state index in [4.69, 9.17) is 10.5 Å². The maximum absolute atomic E-state index is 10.1. The van der Waals surface area contributed by atoms with Crippen LogP contribution in [0.25, 0.3) is 0 Å². The lowest BCUT2D eigenvalue weighted by Crippen LogP contribution is -2.42. The van der Waals surface area contributed by atoms with E-state index < -0.39 is 0 Å². The summed E-state index contributed by atoms with van der Waals surface area (Å²) in [4.78, 5) is 0. The zero-order valence-corrected chi connectivity index (χ0v) is 11.8. The molecule has 0 heterocycles. The Morgan fingerprint density at radius 1 is 1.53 bits per heavy atom. The van der Waals surface area contributed by atoms with Gasteiger partial charge in [0.2, 0.25) is 0 Å². The molecule has 0 spiro atoms. The maximum atomic E-state index is 10.1. The number of phenols is 1. The normalized spacial score (nSPS) is 17.6. The van der Waals surface area contributed by atoms with Gasteiger partial charge in [-0.2, -0.15) is 0 Å². The second-order valence-corrected chi connectivity index (χ2v) is 5.56. The first-order chi connectivity index (χ1) is 8.05. The first kappa shape index (κ1) is 12.7. The number of phenolic OH excluding ortho intramolecular Hbond substituents is 1. The van der Waals surface area contributed by atoms with Gasteiger partial charge in [-0.05, 0) is 52.9 Å². The lowest BCUT2D eigenvalue weighted by molar-refractivity contribution is 0.249. The van der Waals surface area contributed by atoms with Gasteiger partial charge in [0.15, 0.2) is 11.5 Å². The topological polar surface area (TPSA) is 55.5 Å². The molecule has 0 radical (unpaired) electrons. The summed E-state index contributed by atoms with van der Waals surface area (Å²) in [5.41, 5.74) is 8.22. The second-order valence-electron chi connectivity index (χ2n) is 4.77. The van der Waals surface area contributed by atoms with E-state index in [1.54, 1.807) is 7.11 Å². The fourth-order valence-electron chi connectivity index (χ4n) is 2.70. The van der Waals surface area contributed by atoms with E-state index in [0.29, 0.717) is 12.3 Å². The summed E-state index contributed by atoms with van der Waals surface area (Å²) >= 11 is 3.49. The largest absolute Gasteiger partial charge is 0.503 e. The Bertz CT molecular complexity index is 436. The minimum Gasteiger partial charge on any atom is -0.503 e. The van der Waals surface area contributed by atoms with E-state index in [1.807, 2.05) is 13.0 Å². The molecular formula is C13H18BrNO2. The predicted octanol–water partition coefficient (Wildman–Crippen LogP) is 2.85. The number of methoxy groups -OCH3 is 1. The lowest BCUT2D eigenvalue weighted by atomic mass is 9.63. The van der Waals surface area contributed by atoms with Gasteiger partial charge in [0.05, 0.1) is 11.6 Å². The first-order valence-corrected chi connectivity index (χ1v) is 6.61. The Morgan fingerprint density at radius 3 is 2.59 bits per heavy atom. The minimum atomic E-state index is 0.0344. The van der Waals surface area contributed by atoms with Crippen LogP contribution >= 0.6 is 15.9 Å². The molecule has 2 rings (SSSR count). The number of benzene rings is 1. The standard InChI is InChI=1S/C13H18BrNO2/c1-8-6-9(17-2)12(16)11(14)10(8)13(7-15)4-3-5-13/h6,16H,3-5,7,15H2,1-2H3. The number of rotatable bonds is 3. The van der Waals surface area contributed by atoms with Gasteiger partial charge in [-0.15, -0.1) is 0 Å². The van der Waals surface area contributed by atoms with Crippen LogP contribution < -0.4 is 10.5 Å². The van der Waals surface area contributed by atoms with Gasteiger partial charge in [-0.25, -0.2) is 0 Å². The monoisotopic (exact) mass is 299 g/mol. The van der Waals surface area contributed by atoms with E-state index in [0.717, 1.165) is 28.4 Å². The van der Waals surface area contributed by atoms with Gasteiger partial charge >= 0.3 is 0 Å². The molecule has 0 atom stereocenters. The molecule has 0 aliphatic heterocycles. The maximum Gasteiger partial charge on any atom is 0.172 e. The van der Waals surface area contributed by atoms with Crippen LogP contribution in [0.15, 0.2) is 10.5 Å². The van der Waals surface area contributed by atoms with E-state index >= 15 is 0 Å². The van der Waals surface area contributed by atoms with Crippen molar-refractivity contribution < 1.29 is 9.84 Å². The van der Waals surface area contributed by atoms with E-state index in [1.165, 1.54) is 6.42 Å². The van der Waals surface area contributed by atoms with Crippen LogP contribution in [0.5, 0.6) is 11.5 Å². The fourth-order valence-corrected chi connectivity index (χ4v) is 3.63. The molecule has 3 nitrogen and oxygen atoms in total. The molecule has 1 aliphatic carbocycles. The summed E-state index contributed by atoms with van der Waals surface area (Å²) in [5.74, 6) is 0.678. The minimum absolute atomic E-state index is 0.0344. The molecule has 0 saturated heterocycles. The highest BCUT2D eigenvalue weighted by atomic mass is 79.9. The SMILES string of the molecule is COc1cc(C)c(C2(CN)CCC2)c(Br)c1O. The molecule has 17 heavy (non-hydrogen) atoms. The highest BCUT2D eigenvalue weighted by Gasteiger charge is 2.40. The Kier molecular flexibility index (Phi) is 3.36. The smallest absolute Gasteiger partial charge is 0.172 e. The Hall–Kier alpha value is -0.740. The van der Waals surface area contributed by atoms with Crippen molar-refractivity contribution in [3.05, 3.63) is 21.7 Å². The zero-order chi connectivity index (χ0) is 12.6. The van der Waals surface area contributed by atoms with Crippen LogP contribution in [0.2, 0.25) is 0 Å². The molecule has 1 fully saturated rings. The number of nitrogens with two attached hydrogens (primary N) is 1. The number of halogens is 1. The number of hydrogen-bond acceptors (Lipinski definition) is 3. The molecule has 4 heteroatoms. The molecule has 1 aromatic rings. The molecule has 94 valence electrons. The number of aryl methyl sites for hydroxylation is 1. The van der Waals surface area contributed by atoms with Crippen LogP contribution in [0.4, 0.5) is 0 Å². The highest BCUT2D eigenvalue weighted by molar-refractivity contribution is 9.10. The van der Waals surface area contributed by atoms with Gasteiger partial charge < -0.3 is 15.6 Å². The fraction of sp³-hybridized carbons (Fsp3) is 0.538. The Labute approximate surface area is 110 Å². The van der Waals surface area contributed by atoms with Crippen LogP contribution in [0.1, 0.15) is 30.4 Å². The molecule has 3 N–H and O–H groups in total. The number of aromatic hydroxyl groups is 1. The van der Waals surface area contributed by atoms with Crippen molar-refractivity contribution in [2.75, 3.05) is 13.7 Å². The number of hydrogen-bond donors (Lipinski definition) is 2. The molecular weight excluding hydrogens is 282 g/mol. The van der Waals surface area contributed by atoms with Gasteiger partial charge in [0, 0.05) is 12.0 Å². The van der Waals surface area contributed by atoms with Crippen LogP contribution in [0, 0.1) is 6.92 Å². The number of ether oxygens (including phenoxy) is 1. The summed E-state index contributed by atoms with van der Waals surface area (Å²) in [5, 5.41) is 10.1. The highest BCUT2D eigenvalue weighted by Crippen LogP contribution is 2.51. The van der Waals surface area contributed by atoms with Gasteiger partial charge in [-0.3, -0.25) is 0 Å². The zero-order valence-electron chi connectivity index (χ0n) is 10.2. The molecule has 0 aromatic heterocycles. The van der Waals surface area contributed by atoms with Crippen molar-refractivity contribution in [3.8, 4) is 11.5 Å². The van der Waals surface area contributed by atoms with Gasteiger partial charge in [0.25, 0.3) is 0 Å². The molecule has 0 unspecified atom stereocenters. The van der Waals surface area contributed by atoms with Crippen molar-refractivity contribution in [1.29, 1.82) is 0 Å². The van der Waals surface area contributed by atoms with Crippen LogP contribution in [-0.4, -0.2) is 18.8 Å². The third kappa shape index (κ3) is 1.83. The van der Waals surface area contributed by atoms with Gasteiger partial charge in [0.1, 0.15) is 0 Å². The molecule has 1 aromatic carbocycles. The molecule has 0 bridgehead atoms. The summed E-state index contributed by atoms with van der Waals surface area (Å²) in [6.07, 6.45) is 3.39. The molecule has 1 saturated carbocycles. The van der Waals surface area contributed by atoms with Crippen LogP contribution in [0.3, 0.4) is 0 Å².